The molecule has 0 saturated carbocycles. The lowest BCUT2D eigenvalue weighted by atomic mass is 10.1. The molecule has 3 rings (SSSR count). The molecule has 1 unspecified atom stereocenters. The molecule has 1 aromatic carbocycles. The van der Waals surface area contributed by atoms with Crippen LogP contribution in [0.5, 0.6) is 0 Å². The molecule has 0 bridgehead atoms. The van der Waals surface area contributed by atoms with Gasteiger partial charge in [0.25, 0.3) is 5.69 Å². The molecule has 1 aromatic rings. The van der Waals surface area contributed by atoms with E-state index in [1.807, 2.05) is 0 Å². The van der Waals surface area contributed by atoms with Gasteiger partial charge in [0.1, 0.15) is 4.90 Å². The molecule has 2 aliphatic rings. The summed E-state index contributed by atoms with van der Waals surface area (Å²) < 4.78 is 18.4. The average Bonchev–Trinajstić information content (AvgIpc) is 2.78. The minimum atomic E-state index is -1.96. The van der Waals surface area contributed by atoms with Crippen molar-refractivity contribution in [1.82, 2.24) is 0 Å². The summed E-state index contributed by atoms with van der Waals surface area (Å²) in [5, 5.41) is 11.3. The Morgan fingerprint density at radius 2 is 1.74 bits per heavy atom. The van der Waals surface area contributed by atoms with E-state index in [1.165, 1.54) is 18.2 Å². The summed E-state index contributed by atoms with van der Waals surface area (Å²) in [6.45, 7) is 1.83. The highest BCUT2D eigenvalue weighted by molar-refractivity contribution is 7.85. The molecule has 27 heavy (non-hydrogen) atoms. The number of carbonyl (C=O) groups excluding carboxylic acids is 1. The number of para-hydroxylation sites is 1. The standard InChI is InChI=1S/C19H16N2O5S/c1-2-26-19(22)16-12-8-4-3-5-9-13(12)18(17(16)20)27(25)15-11-7-6-10-14(15)21(23)24/h3-11H,2,20H2,1H3. The van der Waals surface area contributed by atoms with Gasteiger partial charge in [0.05, 0.1) is 38.5 Å². The fourth-order valence-corrected chi connectivity index (χ4v) is 4.30. The molecule has 2 aliphatic carbocycles. The van der Waals surface area contributed by atoms with Crippen molar-refractivity contribution >= 4 is 28.1 Å². The summed E-state index contributed by atoms with van der Waals surface area (Å²) in [5.74, 6) is -0.628. The first-order valence-electron chi connectivity index (χ1n) is 8.09. The Balaban J connectivity index is 2.27. The number of esters is 1. The molecule has 8 heteroatoms. The fourth-order valence-electron chi connectivity index (χ4n) is 2.86. The molecular formula is C19H16N2O5S. The summed E-state index contributed by atoms with van der Waals surface area (Å²) >= 11 is 0. The van der Waals surface area contributed by atoms with E-state index in [2.05, 4.69) is 0 Å². The van der Waals surface area contributed by atoms with Crippen molar-refractivity contribution in [3.8, 4) is 11.1 Å². The quantitative estimate of drug-likeness (QED) is 0.408. The number of nitrogen functional groups attached to an aromatic ring is 1. The van der Waals surface area contributed by atoms with Crippen LogP contribution in [0.3, 0.4) is 0 Å². The molecule has 7 nitrogen and oxygen atoms in total. The van der Waals surface area contributed by atoms with Crippen LogP contribution in [0.2, 0.25) is 0 Å². The lowest BCUT2D eigenvalue weighted by Gasteiger charge is -2.05. The molecule has 0 spiro atoms. The number of rotatable bonds is 5. The highest BCUT2D eigenvalue weighted by Crippen LogP contribution is 2.43. The van der Waals surface area contributed by atoms with E-state index in [9.17, 15) is 19.1 Å². The monoisotopic (exact) mass is 384 g/mol. The predicted octanol–water partition coefficient (Wildman–Crippen LogP) is 3.63. The number of nitro groups is 1. The van der Waals surface area contributed by atoms with Crippen LogP contribution in [0.15, 0.2) is 64.4 Å². The number of hydrogen-bond donors (Lipinski definition) is 1. The van der Waals surface area contributed by atoms with Gasteiger partial charge in [-0.1, -0.05) is 42.5 Å². The van der Waals surface area contributed by atoms with Gasteiger partial charge < -0.3 is 10.5 Å². The third-order valence-electron chi connectivity index (χ3n) is 3.99. The molecule has 0 radical (unpaired) electrons. The summed E-state index contributed by atoms with van der Waals surface area (Å²) in [7, 11) is -1.96. The maximum absolute atomic E-state index is 13.3. The molecule has 0 fully saturated rings. The van der Waals surface area contributed by atoms with Gasteiger partial charge in [-0.3, -0.25) is 10.1 Å². The van der Waals surface area contributed by atoms with E-state index < -0.39 is 21.7 Å². The number of nitro benzene ring substituents is 1. The van der Waals surface area contributed by atoms with Crippen molar-refractivity contribution in [2.75, 3.05) is 12.3 Å². The van der Waals surface area contributed by atoms with Gasteiger partial charge in [-0.2, -0.15) is 0 Å². The highest BCUT2D eigenvalue weighted by atomic mass is 32.2. The van der Waals surface area contributed by atoms with Gasteiger partial charge in [-0.15, -0.1) is 0 Å². The second-order valence-electron chi connectivity index (χ2n) is 5.57. The first kappa shape index (κ1) is 18.5. The number of hydrogen-bond acceptors (Lipinski definition) is 6. The third kappa shape index (κ3) is 3.26. The Bertz CT molecular complexity index is 1030. The van der Waals surface area contributed by atoms with E-state index in [0.717, 1.165) is 0 Å². The maximum Gasteiger partial charge on any atom is 0.340 e. The zero-order chi connectivity index (χ0) is 19.6. The Morgan fingerprint density at radius 3 is 2.41 bits per heavy atom. The van der Waals surface area contributed by atoms with E-state index in [1.54, 1.807) is 43.3 Å². The fraction of sp³-hybridized carbons (Fsp3) is 0.105. The Labute approximate surface area is 157 Å². The van der Waals surface area contributed by atoms with Gasteiger partial charge in [-0.25, -0.2) is 9.00 Å². The number of anilines is 1. The van der Waals surface area contributed by atoms with E-state index in [-0.39, 0.29) is 33.3 Å². The SMILES string of the molecule is CCOC(=O)c1c2cccccc-2c(S(=O)c2ccccc2[N+](=O)[O-])c1N. The van der Waals surface area contributed by atoms with Gasteiger partial charge in [-0.05, 0) is 18.6 Å². The molecule has 0 heterocycles. The summed E-state index contributed by atoms with van der Waals surface area (Å²) in [6, 6.07) is 14.3. The number of nitrogens with two attached hydrogens (primary N) is 1. The minimum absolute atomic E-state index is 0.00568. The zero-order valence-electron chi connectivity index (χ0n) is 14.4. The Morgan fingerprint density at radius 1 is 1.11 bits per heavy atom. The molecular weight excluding hydrogens is 368 g/mol. The molecule has 0 saturated heterocycles. The van der Waals surface area contributed by atoms with Gasteiger partial charge in [0.15, 0.2) is 0 Å². The van der Waals surface area contributed by atoms with Crippen molar-refractivity contribution in [3.63, 3.8) is 0 Å². The summed E-state index contributed by atoms with van der Waals surface area (Å²) in [5.41, 5.74) is 7.00. The number of nitrogens with zero attached hydrogens (tertiary/aromatic N) is 1. The second-order valence-corrected chi connectivity index (χ2v) is 6.96. The molecule has 0 aromatic heterocycles. The van der Waals surface area contributed by atoms with Crippen molar-refractivity contribution in [2.24, 2.45) is 0 Å². The number of carbonyl (C=O) groups is 1. The number of ether oxygens (including phenoxy) is 1. The number of fused-ring (bicyclic) bond motifs is 1. The molecule has 138 valence electrons. The summed E-state index contributed by atoms with van der Waals surface area (Å²) in [4.78, 5) is 23.3. The van der Waals surface area contributed by atoms with Crippen molar-refractivity contribution in [1.29, 1.82) is 0 Å². The van der Waals surface area contributed by atoms with Crippen LogP contribution in [-0.4, -0.2) is 21.7 Å². The molecule has 2 N–H and O–H groups in total. The van der Waals surface area contributed by atoms with Crippen molar-refractivity contribution in [2.45, 2.75) is 16.7 Å². The lowest BCUT2D eigenvalue weighted by molar-refractivity contribution is -0.387. The first-order chi connectivity index (χ1) is 13.0. The van der Waals surface area contributed by atoms with Gasteiger partial charge in [0, 0.05) is 11.6 Å². The topological polar surface area (TPSA) is 113 Å². The van der Waals surface area contributed by atoms with Crippen molar-refractivity contribution in [3.05, 3.63) is 70.3 Å². The van der Waals surface area contributed by atoms with Crippen LogP contribution >= 0.6 is 0 Å². The Hall–Kier alpha value is -3.26. The zero-order valence-corrected chi connectivity index (χ0v) is 15.2. The summed E-state index contributed by atoms with van der Waals surface area (Å²) in [6.07, 6.45) is 0. The Kier molecular flexibility index (Phi) is 5.18. The largest absolute Gasteiger partial charge is 0.462 e. The number of benzene rings is 1. The van der Waals surface area contributed by atoms with Gasteiger partial charge >= 0.3 is 5.97 Å². The van der Waals surface area contributed by atoms with Crippen LogP contribution in [-0.2, 0) is 15.5 Å². The van der Waals surface area contributed by atoms with E-state index >= 15 is 0 Å². The van der Waals surface area contributed by atoms with E-state index in [4.69, 9.17) is 10.5 Å². The van der Waals surface area contributed by atoms with Crippen LogP contribution in [0.4, 0.5) is 11.4 Å². The maximum atomic E-state index is 13.3. The molecule has 0 amide bonds. The average molecular weight is 384 g/mol. The van der Waals surface area contributed by atoms with Crippen LogP contribution in [0, 0.1) is 10.1 Å². The van der Waals surface area contributed by atoms with Crippen LogP contribution in [0.25, 0.3) is 11.1 Å². The van der Waals surface area contributed by atoms with Gasteiger partial charge in [0.2, 0.25) is 0 Å². The molecule has 0 aliphatic heterocycles. The van der Waals surface area contributed by atoms with Crippen LogP contribution in [0.1, 0.15) is 17.3 Å². The molecule has 1 atom stereocenters. The second kappa shape index (κ2) is 7.55. The smallest absolute Gasteiger partial charge is 0.340 e. The van der Waals surface area contributed by atoms with Crippen molar-refractivity contribution < 1.29 is 18.7 Å². The third-order valence-corrected chi connectivity index (χ3v) is 5.55. The lowest BCUT2D eigenvalue weighted by Crippen LogP contribution is -2.07. The normalized spacial score (nSPS) is 11.9. The first-order valence-corrected chi connectivity index (χ1v) is 9.24. The van der Waals surface area contributed by atoms with E-state index in [0.29, 0.717) is 11.1 Å². The predicted molar refractivity (Wildman–Crippen MR) is 101 cm³/mol. The minimum Gasteiger partial charge on any atom is -0.462 e. The highest BCUT2D eigenvalue weighted by Gasteiger charge is 2.31. The van der Waals surface area contributed by atoms with Crippen LogP contribution < -0.4 is 5.73 Å².